The van der Waals surface area contributed by atoms with Crippen molar-refractivity contribution in [1.82, 2.24) is 0 Å². The van der Waals surface area contributed by atoms with Crippen LogP contribution < -0.4 is 19.7 Å². The Labute approximate surface area is 145 Å². The van der Waals surface area contributed by atoms with E-state index in [-0.39, 0.29) is 18.6 Å². The van der Waals surface area contributed by atoms with E-state index in [0.29, 0.717) is 22.7 Å². The van der Waals surface area contributed by atoms with Gasteiger partial charge in [-0.15, -0.1) is 0 Å². The summed E-state index contributed by atoms with van der Waals surface area (Å²) < 4.78 is 10.6. The van der Waals surface area contributed by atoms with Crippen molar-refractivity contribution in [2.75, 3.05) is 24.1 Å². The summed E-state index contributed by atoms with van der Waals surface area (Å²) in [6, 6.07) is 10.6. The molecule has 128 valence electrons. The smallest absolute Gasteiger partial charge is 0.255 e. The summed E-state index contributed by atoms with van der Waals surface area (Å²) in [5.74, 6) is 1.00. The Bertz CT molecular complexity index is 904. The minimum atomic E-state index is -0.608. The lowest BCUT2D eigenvalue weighted by Crippen LogP contribution is -2.33. The van der Waals surface area contributed by atoms with E-state index in [1.54, 1.807) is 36.2 Å². The van der Waals surface area contributed by atoms with E-state index in [1.165, 1.54) is 0 Å². The molecule has 25 heavy (non-hydrogen) atoms. The zero-order valence-electron chi connectivity index (χ0n) is 14.3. The molecule has 1 N–H and O–H groups in total. The normalized spacial score (nSPS) is 16.8. The summed E-state index contributed by atoms with van der Waals surface area (Å²) in [4.78, 5) is 26.5. The average molecular weight is 338 g/mol. The monoisotopic (exact) mass is 338 g/mol. The van der Waals surface area contributed by atoms with Gasteiger partial charge in [0.15, 0.2) is 11.5 Å². The van der Waals surface area contributed by atoms with Crippen molar-refractivity contribution in [2.24, 2.45) is 0 Å². The summed E-state index contributed by atoms with van der Waals surface area (Å²) in [6.07, 6.45) is 0. The maximum absolute atomic E-state index is 12.5. The third kappa shape index (κ3) is 2.33. The summed E-state index contributed by atoms with van der Waals surface area (Å²) in [7, 11) is 1.76. The van der Waals surface area contributed by atoms with Gasteiger partial charge in [-0.3, -0.25) is 9.59 Å². The molecule has 2 aliphatic rings. The van der Waals surface area contributed by atoms with E-state index in [2.05, 4.69) is 5.32 Å². The fraction of sp³-hybridized carbons (Fsp3) is 0.263. The minimum Gasteiger partial charge on any atom is -0.454 e. The number of nitrogens with one attached hydrogen (secondary N) is 1. The van der Waals surface area contributed by atoms with Crippen molar-refractivity contribution in [2.45, 2.75) is 19.3 Å². The van der Waals surface area contributed by atoms with Crippen LogP contribution in [0.15, 0.2) is 36.4 Å². The fourth-order valence-electron chi connectivity index (χ4n) is 3.29. The third-order valence-corrected chi connectivity index (χ3v) is 4.76. The van der Waals surface area contributed by atoms with Crippen LogP contribution in [0.5, 0.6) is 11.5 Å². The standard InChI is InChI=1S/C19H18N2O4/c1-19(2)13-9-12(5-6-14(13)21(3)18(19)23)20-17(22)11-4-7-15-16(8-11)25-10-24-15/h4-9H,10H2,1-3H3,(H,20,22). The van der Waals surface area contributed by atoms with Crippen LogP contribution in [-0.4, -0.2) is 25.7 Å². The molecule has 0 unspecified atom stereocenters. The van der Waals surface area contributed by atoms with Crippen molar-refractivity contribution in [3.8, 4) is 11.5 Å². The number of hydrogen-bond donors (Lipinski definition) is 1. The van der Waals surface area contributed by atoms with Crippen LogP contribution >= 0.6 is 0 Å². The molecular weight excluding hydrogens is 320 g/mol. The first-order valence-electron chi connectivity index (χ1n) is 8.01. The van der Waals surface area contributed by atoms with E-state index in [9.17, 15) is 9.59 Å². The fourth-order valence-corrected chi connectivity index (χ4v) is 3.29. The van der Waals surface area contributed by atoms with Crippen LogP contribution in [0.1, 0.15) is 29.8 Å². The number of fused-ring (bicyclic) bond motifs is 2. The number of benzene rings is 2. The molecule has 0 aliphatic carbocycles. The summed E-state index contributed by atoms with van der Waals surface area (Å²) in [6.45, 7) is 3.95. The van der Waals surface area contributed by atoms with Crippen molar-refractivity contribution in [3.63, 3.8) is 0 Å². The molecular formula is C19H18N2O4. The molecule has 4 rings (SSSR count). The van der Waals surface area contributed by atoms with E-state index >= 15 is 0 Å². The van der Waals surface area contributed by atoms with Gasteiger partial charge in [-0.05, 0) is 55.8 Å². The van der Waals surface area contributed by atoms with E-state index in [4.69, 9.17) is 9.47 Å². The molecule has 2 heterocycles. The predicted molar refractivity (Wildman–Crippen MR) is 93.4 cm³/mol. The lowest BCUT2D eigenvalue weighted by Gasteiger charge is -2.17. The molecule has 0 radical (unpaired) electrons. The number of amides is 2. The first-order valence-corrected chi connectivity index (χ1v) is 8.01. The SMILES string of the molecule is CN1C(=O)C(C)(C)c2cc(NC(=O)c3ccc4c(c3)OCO4)ccc21. The molecule has 2 aromatic rings. The number of hydrogen-bond acceptors (Lipinski definition) is 4. The van der Waals surface area contributed by atoms with Gasteiger partial charge in [-0.25, -0.2) is 0 Å². The molecule has 2 aliphatic heterocycles. The Morgan fingerprint density at radius 3 is 2.68 bits per heavy atom. The molecule has 0 atom stereocenters. The molecule has 2 amide bonds. The largest absolute Gasteiger partial charge is 0.454 e. The lowest BCUT2D eigenvalue weighted by molar-refractivity contribution is -0.121. The van der Waals surface area contributed by atoms with Gasteiger partial charge in [0.05, 0.1) is 5.41 Å². The van der Waals surface area contributed by atoms with E-state index < -0.39 is 5.41 Å². The van der Waals surface area contributed by atoms with Crippen molar-refractivity contribution in [1.29, 1.82) is 0 Å². The van der Waals surface area contributed by atoms with Gasteiger partial charge in [0.25, 0.3) is 5.91 Å². The highest BCUT2D eigenvalue weighted by molar-refractivity contribution is 6.09. The third-order valence-electron chi connectivity index (χ3n) is 4.76. The second kappa shape index (κ2) is 5.24. The van der Waals surface area contributed by atoms with Crippen LogP contribution in [0.25, 0.3) is 0 Å². The highest BCUT2D eigenvalue weighted by Gasteiger charge is 2.42. The molecule has 0 saturated heterocycles. The van der Waals surface area contributed by atoms with Crippen molar-refractivity contribution < 1.29 is 19.1 Å². The first-order chi connectivity index (χ1) is 11.9. The quantitative estimate of drug-likeness (QED) is 0.914. The Kier molecular flexibility index (Phi) is 3.25. The number of carbonyl (C=O) groups excluding carboxylic acids is 2. The van der Waals surface area contributed by atoms with Gasteiger partial charge in [0.2, 0.25) is 12.7 Å². The number of carbonyl (C=O) groups is 2. The second-order valence-corrected chi connectivity index (χ2v) is 6.74. The van der Waals surface area contributed by atoms with Crippen molar-refractivity contribution >= 4 is 23.2 Å². The summed E-state index contributed by atoms with van der Waals surface area (Å²) >= 11 is 0. The van der Waals surface area contributed by atoms with Gasteiger partial charge in [-0.2, -0.15) is 0 Å². The topological polar surface area (TPSA) is 67.9 Å². The van der Waals surface area contributed by atoms with Crippen LogP contribution in [0.2, 0.25) is 0 Å². The number of rotatable bonds is 2. The first kappa shape index (κ1) is 15.5. The number of nitrogens with zero attached hydrogens (tertiary/aromatic N) is 1. The zero-order valence-corrected chi connectivity index (χ0v) is 14.3. The molecule has 0 fully saturated rings. The second-order valence-electron chi connectivity index (χ2n) is 6.74. The molecule has 0 aromatic heterocycles. The molecule has 6 heteroatoms. The zero-order chi connectivity index (χ0) is 17.8. The van der Waals surface area contributed by atoms with Gasteiger partial charge < -0.3 is 19.7 Å². The summed E-state index contributed by atoms with van der Waals surface area (Å²) in [5, 5.41) is 2.88. The van der Waals surface area contributed by atoms with Gasteiger partial charge in [0, 0.05) is 24.0 Å². The van der Waals surface area contributed by atoms with Gasteiger partial charge in [0.1, 0.15) is 0 Å². The predicted octanol–water partition coefficient (Wildman–Crippen LogP) is 2.92. The van der Waals surface area contributed by atoms with Crippen LogP contribution in [0.3, 0.4) is 0 Å². The highest BCUT2D eigenvalue weighted by Crippen LogP contribution is 2.42. The van der Waals surface area contributed by atoms with Crippen LogP contribution in [-0.2, 0) is 10.2 Å². The van der Waals surface area contributed by atoms with Gasteiger partial charge in [-0.1, -0.05) is 0 Å². The van der Waals surface area contributed by atoms with Crippen molar-refractivity contribution in [3.05, 3.63) is 47.5 Å². The number of likely N-dealkylation sites (N-methyl/N-ethyl adjacent to an activating group) is 1. The Morgan fingerprint density at radius 2 is 1.88 bits per heavy atom. The van der Waals surface area contributed by atoms with E-state index in [1.807, 2.05) is 26.0 Å². The van der Waals surface area contributed by atoms with Crippen LogP contribution in [0, 0.1) is 0 Å². The Hall–Kier alpha value is -3.02. The maximum atomic E-state index is 12.5. The van der Waals surface area contributed by atoms with E-state index in [0.717, 1.165) is 11.3 Å². The lowest BCUT2D eigenvalue weighted by atomic mass is 9.86. The Balaban J connectivity index is 1.61. The highest BCUT2D eigenvalue weighted by atomic mass is 16.7. The minimum absolute atomic E-state index is 0.0433. The number of ether oxygens (including phenoxy) is 2. The molecule has 6 nitrogen and oxygen atoms in total. The van der Waals surface area contributed by atoms with Crippen LogP contribution in [0.4, 0.5) is 11.4 Å². The molecule has 0 bridgehead atoms. The van der Waals surface area contributed by atoms with Gasteiger partial charge >= 0.3 is 0 Å². The molecule has 0 saturated carbocycles. The maximum Gasteiger partial charge on any atom is 0.255 e. The summed E-state index contributed by atoms with van der Waals surface area (Å²) in [5.41, 5.74) is 2.30. The molecule has 0 spiro atoms. The average Bonchev–Trinajstić information content (AvgIpc) is 3.13. The Morgan fingerprint density at radius 1 is 1.12 bits per heavy atom. The molecule has 2 aromatic carbocycles. The number of anilines is 2.